The molecule has 1 atom stereocenters. The molecule has 1 saturated heterocycles. The lowest BCUT2D eigenvalue weighted by molar-refractivity contribution is 0.0148. The Morgan fingerprint density at radius 2 is 1.79 bits per heavy atom. The van der Waals surface area contributed by atoms with Gasteiger partial charge < -0.3 is 9.47 Å². The summed E-state index contributed by atoms with van der Waals surface area (Å²) >= 11 is 0. The Labute approximate surface area is 143 Å². The fourth-order valence-electron chi connectivity index (χ4n) is 3.30. The van der Waals surface area contributed by atoms with E-state index in [2.05, 4.69) is 60.7 Å². The molecule has 2 nitrogen and oxygen atoms in total. The van der Waals surface area contributed by atoms with Gasteiger partial charge in [0.25, 0.3) is 0 Å². The summed E-state index contributed by atoms with van der Waals surface area (Å²) < 4.78 is 11.9. The largest absolute Gasteiger partial charge is 0.489 e. The summed E-state index contributed by atoms with van der Waals surface area (Å²) in [6.45, 7) is 1.45. The van der Waals surface area contributed by atoms with Crippen LogP contribution in [-0.2, 0) is 11.3 Å². The summed E-state index contributed by atoms with van der Waals surface area (Å²) in [5, 5.41) is 2.51. The smallest absolute Gasteiger partial charge is 0.120 e. The van der Waals surface area contributed by atoms with Gasteiger partial charge in [-0.3, -0.25) is 0 Å². The molecular formula is C22H22O2. The van der Waals surface area contributed by atoms with Crippen LogP contribution >= 0.6 is 0 Å². The fourth-order valence-corrected chi connectivity index (χ4v) is 3.30. The van der Waals surface area contributed by atoms with E-state index >= 15 is 0 Å². The second kappa shape index (κ2) is 7.06. The first kappa shape index (κ1) is 15.2. The molecule has 1 unspecified atom stereocenters. The molecule has 1 aliphatic rings. The molecule has 1 heterocycles. The predicted molar refractivity (Wildman–Crippen MR) is 97.3 cm³/mol. The molecular weight excluding hydrogens is 296 g/mol. The van der Waals surface area contributed by atoms with Crippen molar-refractivity contribution in [2.45, 2.75) is 32.0 Å². The van der Waals surface area contributed by atoms with Crippen LogP contribution in [0.4, 0.5) is 0 Å². The van der Waals surface area contributed by atoms with Gasteiger partial charge >= 0.3 is 0 Å². The number of ether oxygens (including phenoxy) is 2. The number of hydrogen-bond acceptors (Lipinski definition) is 2. The highest BCUT2D eigenvalue weighted by molar-refractivity contribution is 5.82. The van der Waals surface area contributed by atoms with Crippen molar-refractivity contribution in [1.29, 1.82) is 0 Å². The van der Waals surface area contributed by atoms with E-state index in [0.717, 1.165) is 18.8 Å². The normalized spacial score (nSPS) is 17.8. The highest BCUT2D eigenvalue weighted by Crippen LogP contribution is 2.30. The van der Waals surface area contributed by atoms with E-state index in [1.54, 1.807) is 0 Å². The van der Waals surface area contributed by atoms with Crippen LogP contribution in [0.25, 0.3) is 10.8 Å². The van der Waals surface area contributed by atoms with Crippen LogP contribution in [0.2, 0.25) is 0 Å². The zero-order valence-corrected chi connectivity index (χ0v) is 13.8. The van der Waals surface area contributed by atoms with Crippen LogP contribution in [0.1, 0.15) is 36.5 Å². The second-order valence-electron chi connectivity index (χ2n) is 6.40. The van der Waals surface area contributed by atoms with Crippen LogP contribution in [0.3, 0.4) is 0 Å². The summed E-state index contributed by atoms with van der Waals surface area (Å²) in [5.74, 6) is 0.912. The molecule has 122 valence electrons. The molecule has 0 amide bonds. The summed E-state index contributed by atoms with van der Waals surface area (Å²) in [5.41, 5.74) is 2.42. The zero-order chi connectivity index (χ0) is 16.2. The van der Waals surface area contributed by atoms with Crippen molar-refractivity contribution in [1.82, 2.24) is 0 Å². The van der Waals surface area contributed by atoms with Crippen LogP contribution in [0.15, 0.2) is 66.7 Å². The molecule has 0 radical (unpaired) electrons. The van der Waals surface area contributed by atoms with Gasteiger partial charge in [-0.05, 0) is 59.4 Å². The van der Waals surface area contributed by atoms with E-state index in [-0.39, 0.29) is 6.10 Å². The van der Waals surface area contributed by atoms with E-state index < -0.39 is 0 Å². The topological polar surface area (TPSA) is 18.5 Å². The summed E-state index contributed by atoms with van der Waals surface area (Å²) in [7, 11) is 0. The summed E-state index contributed by atoms with van der Waals surface area (Å²) in [6, 6.07) is 23.2. The van der Waals surface area contributed by atoms with Crippen molar-refractivity contribution >= 4 is 10.8 Å². The Kier molecular flexibility index (Phi) is 4.48. The monoisotopic (exact) mass is 318 g/mol. The maximum Gasteiger partial charge on any atom is 0.120 e. The van der Waals surface area contributed by atoms with Gasteiger partial charge in [-0.15, -0.1) is 0 Å². The molecule has 3 aromatic rings. The van der Waals surface area contributed by atoms with E-state index in [1.807, 2.05) is 6.07 Å². The lowest BCUT2D eigenvalue weighted by Gasteiger charge is -2.23. The first-order valence-electron chi connectivity index (χ1n) is 8.70. The van der Waals surface area contributed by atoms with Crippen molar-refractivity contribution in [3.63, 3.8) is 0 Å². The Bertz CT molecular complexity index is 819. The molecule has 0 aromatic heterocycles. The lowest BCUT2D eigenvalue weighted by Crippen LogP contribution is -2.11. The van der Waals surface area contributed by atoms with E-state index in [9.17, 15) is 0 Å². The number of rotatable bonds is 4. The molecule has 0 bridgehead atoms. The minimum absolute atomic E-state index is 0.225. The third-order valence-electron chi connectivity index (χ3n) is 4.63. The molecule has 4 rings (SSSR count). The Hall–Kier alpha value is -2.32. The van der Waals surface area contributed by atoms with Gasteiger partial charge in [0.15, 0.2) is 0 Å². The van der Waals surface area contributed by atoms with E-state index in [4.69, 9.17) is 9.47 Å². The van der Waals surface area contributed by atoms with Gasteiger partial charge in [-0.2, -0.15) is 0 Å². The Morgan fingerprint density at radius 3 is 2.67 bits per heavy atom. The minimum atomic E-state index is 0.225. The summed E-state index contributed by atoms with van der Waals surface area (Å²) in [4.78, 5) is 0. The number of fused-ring (bicyclic) bond motifs is 1. The molecule has 2 heteroatoms. The van der Waals surface area contributed by atoms with Crippen molar-refractivity contribution in [2.75, 3.05) is 6.61 Å². The number of benzene rings is 3. The highest BCUT2D eigenvalue weighted by Gasteiger charge is 2.16. The second-order valence-corrected chi connectivity index (χ2v) is 6.40. The van der Waals surface area contributed by atoms with Gasteiger partial charge in [0.2, 0.25) is 0 Å². The third kappa shape index (κ3) is 3.44. The van der Waals surface area contributed by atoms with Gasteiger partial charge in [0.05, 0.1) is 6.10 Å². The van der Waals surface area contributed by atoms with Gasteiger partial charge in [0.1, 0.15) is 12.4 Å². The number of hydrogen-bond donors (Lipinski definition) is 0. The van der Waals surface area contributed by atoms with E-state index in [1.165, 1.54) is 34.7 Å². The van der Waals surface area contributed by atoms with Gasteiger partial charge in [-0.25, -0.2) is 0 Å². The Balaban J connectivity index is 1.46. The minimum Gasteiger partial charge on any atom is -0.489 e. The standard InChI is InChI=1S/C22H22O2/c1-2-7-19-14-17(11-12-18(19)6-1)16-24-21-9-5-8-20(15-21)22-10-3-4-13-23-22/h1-2,5-9,11-12,14-15,22H,3-4,10,13,16H2. The molecule has 0 N–H and O–H groups in total. The van der Waals surface area contributed by atoms with Gasteiger partial charge in [0, 0.05) is 6.61 Å². The van der Waals surface area contributed by atoms with Crippen molar-refractivity contribution in [3.8, 4) is 5.75 Å². The molecule has 0 spiro atoms. The molecule has 1 aliphatic heterocycles. The fraction of sp³-hybridized carbons (Fsp3) is 0.273. The maximum atomic E-state index is 6.02. The Morgan fingerprint density at radius 1 is 0.875 bits per heavy atom. The first-order chi connectivity index (χ1) is 11.9. The predicted octanol–water partition coefficient (Wildman–Crippen LogP) is 5.66. The molecule has 24 heavy (non-hydrogen) atoms. The van der Waals surface area contributed by atoms with Crippen LogP contribution in [0.5, 0.6) is 5.75 Å². The van der Waals surface area contributed by atoms with E-state index in [0.29, 0.717) is 6.61 Å². The van der Waals surface area contributed by atoms with Crippen LogP contribution in [-0.4, -0.2) is 6.61 Å². The van der Waals surface area contributed by atoms with Crippen LogP contribution < -0.4 is 4.74 Å². The maximum absolute atomic E-state index is 6.02. The molecule has 0 aliphatic carbocycles. The zero-order valence-electron chi connectivity index (χ0n) is 13.8. The quantitative estimate of drug-likeness (QED) is 0.618. The van der Waals surface area contributed by atoms with Crippen LogP contribution in [0, 0.1) is 0 Å². The SMILES string of the molecule is c1cc(OCc2ccc3ccccc3c2)cc(C2CCCCO2)c1. The lowest BCUT2D eigenvalue weighted by atomic mass is 10.0. The average molecular weight is 318 g/mol. The third-order valence-corrected chi connectivity index (χ3v) is 4.63. The summed E-state index contributed by atoms with van der Waals surface area (Å²) in [6.07, 6.45) is 3.75. The first-order valence-corrected chi connectivity index (χ1v) is 8.70. The van der Waals surface area contributed by atoms with Crippen molar-refractivity contribution < 1.29 is 9.47 Å². The van der Waals surface area contributed by atoms with Crippen molar-refractivity contribution in [3.05, 3.63) is 77.9 Å². The highest BCUT2D eigenvalue weighted by atomic mass is 16.5. The molecule has 3 aromatic carbocycles. The average Bonchev–Trinajstić information content (AvgIpc) is 2.67. The molecule has 1 fully saturated rings. The van der Waals surface area contributed by atoms with Gasteiger partial charge in [-0.1, -0.05) is 48.5 Å². The van der Waals surface area contributed by atoms with Crippen molar-refractivity contribution in [2.24, 2.45) is 0 Å². The molecule has 0 saturated carbocycles.